The van der Waals surface area contributed by atoms with Crippen molar-refractivity contribution in [3.63, 3.8) is 0 Å². The van der Waals surface area contributed by atoms with Gasteiger partial charge in [0.15, 0.2) is 0 Å². The van der Waals surface area contributed by atoms with Gasteiger partial charge in [-0.05, 0) is 54.8 Å². The molecule has 0 unspecified atom stereocenters. The standard InChI is InChI=1S/C17H18FNO3S/c18-13-4-5-14-12(8-13)9-15(23-14)17(22)19-7-1-2-11(10-19)3-6-16(20)21/h4-5,8-9,11H,1-3,6-7,10H2,(H,20,21)/t11-/m0/s1. The summed E-state index contributed by atoms with van der Waals surface area (Å²) in [5, 5.41) is 9.54. The van der Waals surface area contributed by atoms with Gasteiger partial charge in [0.1, 0.15) is 5.82 Å². The van der Waals surface area contributed by atoms with Crippen LogP contribution in [0.3, 0.4) is 0 Å². The monoisotopic (exact) mass is 335 g/mol. The Kier molecular flexibility index (Phi) is 4.61. The first-order chi connectivity index (χ1) is 11.0. The van der Waals surface area contributed by atoms with E-state index >= 15 is 0 Å². The first-order valence-corrected chi connectivity index (χ1v) is 8.55. The van der Waals surface area contributed by atoms with E-state index in [9.17, 15) is 14.0 Å². The number of carboxylic acid groups (broad SMARTS) is 1. The van der Waals surface area contributed by atoms with Crippen molar-refractivity contribution in [3.8, 4) is 0 Å². The van der Waals surface area contributed by atoms with Gasteiger partial charge in [-0.15, -0.1) is 11.3 Å². The number of piperidine rings is 1. The molecule has 122 valence electrons. The number of nitrogens with zero attached hydrogens (tertiary/aromatic N) is 1. The number of benzene rings is 1. The highest BCUT2D eigenvalue weighted by Crippen LogP contribution is 2.29. The van der Waals surface area contributed by atoms with Crippen molar-refractivity contribution >= 4 is 33.3 Å². The fourth-order valence-corrected chi connectivity index (χ4v) is 4.10. The van der Waals surface area contributed by atoms with Crippen molar-refractivity contribution in [1.29, 1.82) is 0 Å². The number of hydrogen-bond acceptors (Lipinski definition) is 3. The number of fused-ring (bicyclic) bond motifs is 1. The van der Waals surface area contributed by atoms with E-state index in [0.717, 1.165) is 22.9 Å². The van der Waals surface area contributed by atoms with Gasteiger partial charge in [-0.1, -0.05) is 0 Å². The number of hydrogen-bond donors (Lipinski definition) is 1. The lowest BCUT2D eigenvalue weighted by atomic mass is 9.93. The smallest absolute Gasteiger partial charge is 0.303 e. The predicted molar refractivity (Wildman–Crippen MR) is 87.3 cm³/mol. The van der Waals surface area contributed by atoms with Crippen molar-refractivity contribution in [1.82, 2.24) is 4.90 Å². The van der Waals surface area contributed by atoms with Gasteiger partial charge in [0.05, 0.1) is 4.88 Å². The van der Waals surface area contributed by atoms with Gasteiger partial charge < -0.3 is 10.0 Å². The summed E-state index contributed by atoms with van der Waals surface area (Å²) in [6.45, 7) is 1.31. The van der Waals surface area contributed by atoms with Crippen LogP contribution in [0.5, 0.6) is 0 Å². The molecule has 4 nitrogen and oxygen atoms in total. The van der Waals surface area contributed by atoms with Gasteiger partial charge in [-0.2, -0.15) is 0 Å². The van der Waals surface area contributed by atoms with Crippen molar-refractivity contribution < 1.29 is 19.1 Å². The molecule has 2 heterocycles. The highest BCUT2D eigenvalue weighted by molar-refractivity contribution is 7.20. The van der Waals surface area contributed by atoms with E-state index in [1.54, 1.807) is 17.0 Å². The molecule has 1 atom stereocenters. The topological polar surface area (TPSA) is 57.6 Å². The maximum Gasteiger partial charge on any atom is 0.303 e. The average Bonchev–Trinajstić information content (AvgIpc) is 2.95. The van der Waals surface area contributed by atoms with Crippen molar-refractivity contribution in [3.05, 3.63) is 35.0 Å². The molecule has 0 spiro atoms. The third kappa shape index (κ3) is 3.69. The second kappa shape index (κ2) is 6.66. The molecule has 1 aliphatic heterocycles. The van der Waals surface area contributed by atoms with Gasteiger partial charge in [0.2, 0.25) is 0 Å². The first-order valence-electron chi connectivity index (χ1n) is 7.73. The predicted octanol–water partition coefficient (Wildman–Crippen LogP) is 3.76. The zero-order chi connectivity index (χ0) is 16.4. The lowest BCUT2D eigenvalue weighted by Crippen LogP contribution is -2.39. The van der Waals surface area contributed by atoms with Crippen LogP contribution in [0.25, 0.3) is 10.1 Å². The van der Waals surface area contributed by atoms with E-state index < -0.39 is 5.97 Å². The number of carbonyl (C=O) groups is 2. The number of thiophene rings is 1. The van der Waals surface area contributed by atoms with Gasteiger partial charge in [0.25, 0.3) is 5.91 Å². The summed E-state index contributed by atoms with van der Waals surface area (Å²) >= 11 is 1.38. The van der Waals surface area contributed by atoms with Gasteiger partial charge in [-0.3, -0.25) is 9.59 Å². The Morgan fingerprint density at radius 3 is 2.96 bits per heavy atom. The zero-order valence-corrected chi connectivity index (χ0v) is 13.4. The fourth-order valence-electron chi connectivity index (χ4n) is 3.09. The number of carbonyl (C=O) groups excluding carboxylic acids is 1. The molecule has 0 aliphatic carbocycles. The molecule has 1 fully saturated rings. The third-order valence-electron chi connectivity index (χ3n) is 4.26. The van der Waals surface area contributed by atoms with Crippen molar-refractivity contribution in [2.45, 2.75) is 25.7 Å². The number of halogens is 1. The average molecular weight is 335 g/mol. The molecule has 1 aromatic heterocycles. The number of amides is 1. The molecule has 1 aliphatic rings. The van der Waals surface area contributed by atoms with Crippen LogP contribution in [-0.4, -0.2) is 35.0 Å². The summed E-state index contributed by atoms with van der Waals surface area (Å²) in [7, 11) is 0. The van der Waals surface area contributed by atoms with E-state index in [0.29, 0.717) is 24.4 Å². The number of carboxylic acids is 1. The van der Waals surface area contributed by atoms with Crippen molar-refractivity contribution in [2.75, 3.05) is 13.1 Å². The van der Waals surface area contributed by atoms with E-state index in [1.165, 1.54) is 23.5 Å². The van der Waals surface area contributed by atoms with E-state index in [2.05, 4.69) is 0 Å². The quantitative estimate of drug-likeness (QED) is 0.925. The van der Waals surface area contributed by atoms with Crippen LogP contribution in [0.15, 0.2) is 24.3 Å². The lowest BCUT2D eigenvalue weighted by molar-refractivity contribution is -0.137. The maximum absolute atomic E-state index is 13.3. The van der Waals surface area contributed by atoms with Crippen LogP contribution >= 0.6 is 11.3 Å². The molecular weight excluding hydrogens is 317 g/mol. The summed E-state index contributed by atoms with van der Waals surface area (Å²) in [4.78, 5) is 25.8. The molecule has 1 aromatic carbocycles. The maximum atomic E-state index is 13.3. The molecule has 1 N–H and O–H groups in total. The molecule has 0 radical (unpaired) electrons. The Bertz CT molecular complexity index is 743. The van der Waals surface area contributed by atoms with Crippen LogP contribution in [0, 0.1) is 11.7 Å². The van der Waals surface area contributed by atoms with Crippen LogP contribution < -0.4 is 0 Å². The summed E-state index contributed by atoms with van der Waals surface area (Å²) in [5.74, 6) is -0.886. The van der Waals surface area contributed by atoms with Gasteiger partial charge in [-0.25, -0.2) is 4.39 Å². The van der Waals surface area contributed by atoms with Gasteiger partial charge >= 0.3 is 5.97 Å². The van der Waals surface area contributed by atoms with Crippen LogP contribution in [-0.2, 0) is 4.79 Å². The van der Waals surface area contributed by atoms with Crippen molar-refractivity contribution in [2.24, 2.45) is 5.92 Å². The van der Waals surface area contributed by atoms with Crippen LogP contribution in [0.1, 0.15) is 35.4 Å². The molecule has 1 saturated heterocycles. The Labute approximate surface area is 137 Å². The zero-order valence-electron chi connectivity index (χ0n) is 12.6. The van der Waals surface area contributed by atoms with E-state index in [1.807, 2.05) is 0 Å². The third-order valence-corrected chi connectivity index (χ3v) is 5.37. The summed E-state index contributed by atoms with van der Waals surface area (Å²) in [6.07, 6.45) is 2.62. The Balaban J connectivity index is 1.71. The van der Waals surface area contributed by atoms with Crippen LogP contribution in [0.2, 0.25) is 0 Å². The molecule has 6 heteroatoms. The number of rotatable bonds is 4. The second-order valence-corrected chi connectivity index (χ2v) is 7.07. The molecule has 2 aromatic rings. The molecule has 0 saturated carbocycles. The summed E-state index contributed by atoms with van der Waals surface area (Å²) in [6, 6.07) is 6.27. The highest BCUT2D eigenvalue weighted by atomic mass is 32.1. The van der Waals surface area contributed by atoms with Crippen LogP contribution in [0.4, 0.5) is 4.39 Å². The number of aliphatic carboxylic acids is 1. The minimum atomic E-state index is -0.792. The SMILES string of the molecule is O=C(O)CC[C@@H]1CCCN(C(=O)c2cc3cc(F)ccc3s2)C1. The second-order valence-electron chi connectivity index (χ2n) is 5.98. The molecule has 0 bridgehead atoms. The molecular formula is C17H18FNO3S. The fraction of sp³-hybridized carbons (Fsp3) is 0.412. The molecule has 3 rings (SSSR count). The molecule has 1 amide bonds. The Morgan fingerprint density at radius 2 is 2.17 bits per heavy atom. The van der Waals surface area contributed by atoms with E-state index in [-0.39, 0.29) is 24.1 Å². The minimum Gasteiger partial charge on any atom is -0.481 e. The first kappa shape index (κ1) is 15.9. The summed E-state index contributed by atoms with van der Waals surface area (Å²) in [5.41, 5.74) is 0. The van der Waals surface area contributed by atoms with Gasteiger partial charge in [0, 0.05) is 24.2 Å². The highest BCUT2D eigenvalue weighted by Gasteiger charge is 2.25. The largest absolute Gasteiger partial charge is 0.481 e. The van der Waals surface area contributed by atoms with E-state index in [4.69, 9.17) is 5.11 Å². The minimum absolute atomic E-state index is 0.0355. The normalized spacial score (nSPS) is 18.3. The Morgan fingerprint density at radius 1 is 1.35 bits per heavy atom. The Hall–Kier alpha value is -1.95. The molecule has 23 heavy (non-hydrogen) atoms. The summed E-state index contributed by atoms with van der Waals surface area (Å²) < 4.78 is 14.2. The lowest BCUT2D eigenvalue weighted by Gasteiger charge is -2.32. The number of likely N-dealkylation sites (tertiary alicyclic amines) is 1.